The lowest BCUT2D eigenvalue weighted by atomic mass is 10.5. The van der Waals surface area contributed by atoms with E-state index < -0.39 is 0 Å². The van der Waals surface area contributed by atoms with Crippen LogP contribution >= 0.6 is 30.3 Å². The molecule has 4 heteroatoms. The van der Waals surface area contributed by atoms with Crippen LogP contribution in [0.2, 0.25) is 0 Å². The number of rotatable bonds is 5. The Morgan fingerprint density at radius 2 is 2.22 bits per heavy atom. The lowest BCUT2D eigenvalue weighted by Crippen LogP contribution is -2.22. The Labute approximate surface area is 73.3 Å². The third-order valence-electron chi connectivity index (χ3n) is 0.949. The number of nitrogens with two attached hydrogens (primary N) is 1. The normalized spacial score (nSPS) is 10.7. The second kappa shape index (κ2) is 7.11. The van der Waals surface area contributed by atoms with Gasteiger partial charge in [-0.1, -0.05) is 6.92 Å². The van der Waals surface area contributed by atoms with Crippen LogP contribution in [0.4, 0.5) is 0 Å². The zero-order valence-corrected chi connectivity index (χ0v) is 8.61. The molecule has 0 aliphatic rings. The van der Waals surface area contributed by atoms with Crippen LogP contribution < -0.4 is 5.73 Å². The fourth-order valence-corrected chi connectivity index (χ4v) is 2.18. The van der Waals surface area contributed by atoms with Gasteiger partial charge in [0.15, 0.2) is 0 Å². The zero-order chi connectivity index (χ0) is 7.11. The number of nitrogens with zero attached hydrogens (tertiary/aromatic N) is 1. The SMILES string of the molecule is CCCN(CCN)SI. The van der Waals surface area contributed by atoms with Crippen molar-refractivity contribution in [3.8, 4) is 0 Å². The summed E-state index contributed by atoms with van der Waals surface area (Å²) in [4.78, 5) is 0. The third kappa shape index (κ3) is 5.44. The molecular formula is C5H13IN2S. The molecule has 0 fully saturated rings. The quantitative estimate of drug-likeness (QED) is 0.602. The van der Waals surface area contributed by atoms with Gasteiger partial charge in [0.25, 0.3) is 0 Å². The van der Waals surface area contributed by atoms with Crippen molar-refractivity contribution in [1.29, 1.82) is 0 Å². The van der Waals surface area contributed by atoms with Crippen LogP contribution in [0.25, 0.3) is 0 Å². The minimum atomic E-state index is 0.760. The molecular weight excluding hydrogens is 247 g/mol. The number of hydrogen-bond acceptors (Lipinski definition) is 3. The Bertz CT molecular complexity index is 56.9. The summed E-state index contributed by atoms with van der Waals surface area (Å²) < 4.78 is 2.26. The van der Waals surface area contributed by atoms with E-state index in [2.05, 4.69) is 32.4 Å². The molecule has 9 heavy (non-hydrogen) atoms. The molecule has 0 heterocycles. The van der Waals surface area contributed by atoms with Crippen LogP contribution in [-0.4, -0.2) is 23.9 Å². The third-order valence-corrected chi connectivity index (χ3v) is 3.18. The summed E-state index contributed by atoms with van der Waals surface area (Å²) in [5.41, 5.74) is 5.38. The van der Waals surface area contributed by atoms with Gasteiger partial charge in [0, 0.05) is 40.8 Å². The highest BCUT2D eigenvalue weighted by molar-refractivity contribution is 14.2. The topological polar surface area (TPSA) is 29.3 Å². The van der Waals surface area contributed by atoms with Crippen LogP contribution in [0.15, 0.2) is 0 Å². The van der Waals surface area contributed by atoms with Gasteiger partial charge in [-0.05, 0) is 15.5 Å². The van der Waals surface area contributed by atoms with E-state index in [-0.39, 0.29) is 0 Å². The van der Waals surface area contributed by atoms with Crippen molar-refractivity contribution < 1.29 is 0 Å². The van der Waals surface area contributed by atoms with E-state index in [1.54, 1.807) is 9.12 Å². The Kier molecular flexibility index (Phi) is 7.90. The first kappa shape index (κ1) is 10.0. The largest absolute Gasteiger partial charge is 0.329 e. The first-order valence-electron chi connectivity index (χ1n) is 3.08. The molecule has 0 rings (SSSR count). The summed E-state index contributed by atoms with van der Waals surface area (Å²) in [5, 5.41) is 0. The van der Waals surface area contributed by atoms with E-state index in [1.807, 2.05) is 0 Å². The highest BCUT2D eigenvalue weighted by atomic mass is 127. The molecule has 0 aromatic rings. The van der Waals surface area contributed by atoms with Gasteiger partial charge in [-0.25, -0.2) is 4.31 Å². The summed E-state index contributed by atoms with van der Waals surface area (Å²) in [6.45, 7) is 5.08. The minimum absolute atomic E-state index is 0.760. The molecule has 56 valence electrons. The molecule has 0 bridgehead atoms. The number of halogens is 1. The van der Waals surface area contributed by atoms with E-state index in [9.17, 15) is 0 Å². The maximum atomic E-state index is 5.38. The minimum Gasteiger partial charge on any atom is -0.329 e. The molecule has 2 nitrogen and oxygen atoms in total. The molecule has 0 saturated carbocycles. The molecule has 0 aromatic carbocycles. The van der Waals surface area contributed by atoms with Gasteiger partial charge in [-0.2, -0.15) is 0 Å². The average molecular weight is 260 g/mol. The van der Waals surface area contributed by atoms with Gasteiger partial charge in [-0.3, -0.25) is 0 Å². The van der Waals surface area contributed by atoms with E-state index in [1.165, 1.54) is 6.42 Å². The summed E-state index contributed by atoms with van der Waals surface area (Å²) >= 11 is 2.28. The average Bonchev–Trinajstić information content (AvgIpc) is 1.88. The molecule has 2 N–H and O–H groups in total. The van der Waals surface area contributed by atoms with Crippen molar-refractivity contribution in [1.82, 2.24) is 4.31 Å². The molecule has 0 aromatic heterocycles. The zero-order valence-electron chi connectivity index (χ0n) is 5.64. The molecule has 0 unspecified atom stereocenters. The number of hydrogen-bond donors (Lipinski definition) is 1. The predicted molar refractivity (Wildman–Crippen MR) is 52.5 cm³/mol. The standard InChI is InChI=1S/C5H13IN2S/c1-2-4-8(9-6)5-3-7/h2-5,7H2,1H3. The van der Waals surface area contributed by atoms with Crippen molar-refractivity contribution >= 4 is 30.3 Å². The molecule has 0 amide bonds. The molecule has 0 atom stereocenters. The van der Waals surface area contributed by atoms with E-state index in [0.717, 1.165) is 19.6 Å². The first-order chi connectivity index (χ1) is 4.35. The summed E-state index contributed by atoms with van der Waals surface area (Å²) in [5.74, 6) is 0. The summed E-state index contributed by atoms with van der Waals surface area (Å²) in [7, 11) is 1.74. The van der Waals surface area contributed by atoms with Crippen molar-refractivity contribution in [3.63, 3.8) is 0 Å². The van der Waals surface area contributed by atoms with E-state index >= 15 is 0 Å². The van der Waals surface area contributed by atoms with Crippen molar-refractivity contribution in [2.24, 2.45) is 5.73 Å². The van der Waals surface area contributed by atoms with Crippen LogP contribution in [0, 0.1) is 0 Å². The Morgan fingerprint density at radius 3 is 2.56 bits per heavy atom. The smallest absolute Gasteiger partial charge is 0.0220 e. The van der Waals surface area contributed by atoms with Gasteiger partial charge in [0.1, 0.15) is 0 Å². The second-order valence-electron chi connectivity index (χ2n) is 1.79. The van der Waals surface area contributed by atoms with Gasteiger partial charge in [-0.15, -0.1) is 0 Å². The lowest BCUT2D eigenvalue weighted by molar-refractivity contribution is 0.484. The summed E-state index contributed by atoms with van der Waals surface area (Å²) in [6.07, 6.45) is 1.20. The lowest BCUT2D eigenvalue weighted by Gasteiger charge is -2.14. The first-order valence-corrected chi connectivity index (χ1v) is 6.40. The van der Waals surface area contributed by atoms with Gasteiger partial charge in [0.2, 0.25) is 0 Å². The fourth-order valence-electron chi connectivity index (χ4n) is 0.574. The molecule has 0 saturated heterocycles. The van der Waals surface area contributed by atoms with Gasteiger partial charge in [0.05, 0.1) is 0 Å². The maximum absolute atomic E-state index is 5.38. The Morgan fingerprint density at radius 1 is 1.56 bits per heavy atom. The Balaban J connectivity index is 3.18. The fraction of sp³-hybridized carbons (Fsp3) is 1.00. The Hall–Kier alpha value is 1.00. The highest BCUT2D eigenvalue weighted by Crippen LogP contribution is 2.17. The van der Waals surface area contributed by atoms with Crippen LogP contribution in [0.1, 0.15) is 13.3 Å². The van der Waals surface area contributed by atoms with E-state index in [4.69, 9.17) is 5.73 Å². The molecule has 0 aliphatic carbocycles. The molecule has 0 aliphatic heterocycles. The van der Waals surface area contributed by atoms with Crippen molar-refractivity contribution in [2.75, 3.05) is 19.6 Å². The summed E-state index contributed by atoms with van der Waals surface area (Å²) in [6, 6.07) is 0. The van der Waals surface area contributed by atoms with E-state index in [0.29, 0.717) is 0 Å². The van der Waals surface area contributed by atoms with Crippen molar-refractivity contribution in [2.45, 2.75) is 13.3 Å². The van der Waals surface area contributed by atoms with Crippen LogP contribution in [0.5, 0.6) is 0 Å². The highest BCUT2D eigenvalue weighted by Gasteiger charge is 1.98. The van der Waals surface area contributed by atoms with Gasteiger partial charge >= 0.3 is 0 Å². The predicted octanol–water partition coefficient (Wildman–Crippen LogP) is 1.66. The van der Waals surface area contributed by atoms with Crippen molar-refractivity contribution in [3.05, 3.63) is 0 Å². The van der Waals surface area contributed by atoms with Crippen LogP contribution in [-0.2, 0) is 0 Å². The second-order valence-corrected chi connectivity index (χ2v) is 3.62. The molecule has 0 spiro atoms. The molecule has 0 radical (unpaired) electrons. The maximum Gasteiger partial charge on any atom is 0.0220 e. The monoisotopic (exact) mass is 260 g/mol. The van der Waals surface area contributed by atoms with Crippen LogP contribution in [0.3, 0.4) is 0 Å². The van der Waals surface area contributed by atoms with Gasteiger partial charge < -0.3 is 5.73 Å².